The molecule has 1 saturated carbocycles. The Balaban J connectivity index is 2.28. The summed E-state index contributed by atoms with van der Waals surface area (Å²) in [4.78, 5) is 0. The monoisotopic (exact) mass is 201 g/mol. The van der Waals surface area contributed by atoms with Gasteiger partial charge in [-0.3, -0.25) is 0 Å². The second-order valence-corrected chi connectivity index (χ2v) is 4.18. The minimum Gasteiger partial charge on any atom is -0.380 e. The first kappa shape index (κ1) is 10.2. The van der Waals surface area contributed by atoms with Crippen LogP contribution in [0.5, 0.6) is 0 Å². The van der Waals surface area contributed by atoms with E-state index in [0.717, 1.165) is 24.0 Å². The van der Waals surface area contributed by atoms with Gasteiger partial charge in [0.1, 0.15) is 0 Å². The molecule has 0 bridgehead atoms. The van der Waals surface area contributed by atoms with Gasteiger partial charge in [0.05, 0.1) is 18.1 Å². The van der Waals surface area contributed by atoms with Crippen molar-refractivity contribution in [3.8, 4) is 6.07 Å². The lowest BCUT2D eigenvalue weighted by atomic mass is 9.65. The molecular formula is C13H15NO. The predicted molar refractivity (Wildman–Crippen MR) is 58.3 cm³/mol. The van der Waals surface area contributed by atoms with Gasteiger partial charge in [0.2, 0.25) is 0 Å². The molecule has 0 unspecified atom stereocenters. The van der Waals surface area contributed by atoms with Crippen LogP contribution in [-0.4, -0.2) is 7.11 Å². The fourth-order valence-electron chi connectivity index (χ4n) is 2.12. The number of hydrogen-bond acceptors (Lipinski definition) is 2. The summed E-state index contributed by atoms with van der Waals surface area (Å²) in [5.41, 5.74) is 2.10. The van der Waals surface area contributed by atoms with Gasteiger partial charge in [0.25, 0.3) is 0 Å². The smallest absolute Gasteiger partial charge is 0.0822 e. The van der Waals surface area contributed by atoms with E-state index in [1.807, 2.05) is 12.1 Å². The van der Waals surface area contributed by atoms with Gasteiger partial charge in [0, 0.05) is 7.11 Å². The highest BCUT2D eigenvalue weighted by molar-refractivity contribution is 5.37. The van der Waals surface area contributed by atoms with Gasteiger partial charge < -0.3 is 4.74 Å². The molecule has 1 aliphatic carbocycles. The van der Waals surface area contributed by atoms with Gasteiger partial charge in [-0.1, -0.05) is 24.3 Å². The molecule has 0 aromatic heterocycles. The van der Waals surface area contributed by atoms with Gasteiger partial charge in [-0.2, -0.15) is 5.26 Å². The van der Waals surface area contributed by atoms with Crippen LogP contribution in [0.1, 0.15) is 30.4 Å². The van der Waals surface area contributed by atoms with Gasteiger partial charge >= 0.3 is 0 Å². The van der Waals surface area contributed by atoms with Gasteiger partial charge in [-0.05, 0) is 30.4 Å². The highest BCUT2D eigenvalue weighted by Gasteiger charge is 2.38. The molecule has 2 rings (SSSR count). The van der Waals surface area contributed by atoms with Crippen molar-refractivity contribution in [3.63, 3.8) is 0 Å². The fourth-order valence-corrected chi connectivity index (χ4v) is 2.12. The average molecular weight is 201 g/mol. The zero-order chi connectivity index (χ0) is 10.7. The topological polar surface area (TPSA) is 33.0 Å². The molecule has 15 heavy (non-hydrogen) atoms. The van der Waals surface area contributed by atoms with E-state index >= 15 is 0 Å². The molecule has 0 N–H and O–H groups in total. The number of nitrogens with zero attached hydrogens (tertiary/aromatic N) is 1. The number of methoxy groups -OCH3 is 1. The van der Waals surface area contributed by atoms with E-state index in [4.69, 9.17) is 4.74 Å². The van der Waals surface area contributed by atoms with Crippen molar-refractivity contribution in [2.45, 2.75) is 31.3 Å². The van der Waals surface area contributed by atoms with Crippen molar-refractivity contribution in [1.29, 1.82) is 5.26 Å². The van der Waals surface area contributed by atoms with Crippen molar-refractivity contribution in [1.82, 2.24) is 0 Å². The zero-order valence-corrected chi connectivity index (χ0v) is 8.99. The zero-order valence-electron chi connectivity index (χ0n) is 8.99. The largest absolute Gasteiger partial charge is 0.380 e. The Kier molecular flexibility index (Phi) is 2.75. The number of benzene rings is 1. The number of hydrogen-bond donors (Lipinski definition) is 0. The summed E-state index contributed by atoms with van der Waals surface area (Å²) in [6.07, 6.45) is 3.17. The van der Waals surface area contributed by atoms with E-state index in [9.17, 15) is 5.26 Å². The predicted octanol–water partition coefficient (Wildman–Crippen LogP) is 2.78. The molecule has 1 aliphatic rings. The molecule has 1 aromatic carbocycles. The van der Waals surface area contributed by atoms with Crippen LogP contribution in [0.2, 0.25) is 0 Å². The summed E-state index contributed by atoms with van der Waals surface area (Å²) in [5, 5.41) is 9.23. The Morgan fingerprint density at radius 1 is 1.47 bits per heavy atom. The molecule has 0 heterocycles. The first-order valence-corrected chi connectivity index (χ1v) is 5.30. The van der Waals surface area contributed by atoms with Crippen LogP contribution in [0.25, 0.3) is 0 Å². The molecule has 0 saturated heterocycles. The molecule has 78 valence electrons. The lowest BCUT2D eigenvalue weighted by Gasteiger charge is -2.35. The molecule has 0 aliphatic heterocycles. The summed E-state index contributed by atoms with van der Waals surface area (Å²) >= 11 is 0. The maximum Gasteiger partial charge on any atom is 0.0822 e. The molecular weight excluding hydrogens is 186 g/mol. The third-order valence-corrected chi connectivity index (χ3v) is 3.21. The second-order valence-electron chi connectivity index (χ2n) is 4.18. The highest BCUT2D eigenvalue weighted by Crippen LogP contribution is 2.43. The molecule has 0 radical (unpaired) electrons. The summed E-state index contributed by atoms with van der Waals surface area (Å²) in [7, 11) is 1.69. The Labute approximate surface area is 90.5 Å². The average Bonchev–Trinajstić information content (AvgIpc) is 2.18. The minimum atomic E-state index is -0.205. The molecule has 2 nitrogen and oxygen atoms in total. The minimum absolute atomic E-state index is 0.205. The Morgan fingerprint density at radius 2 is 2.27 bits per heavy atom. The SMILES string of the molecule is COCc1cccc(C2(C#N)CCC2)c1. The Hall–Kier alpha value is -1.33. The third kappa shape index (κ3) is 1.75. The van der Waals surface area contributed by atoms with E-state index in [2.05, 4.69) is 18.2 Å². The maximum absolute atomic E-state index is 9.23. The number of rotatable bonds is 3. The summed E-state index contributed by atoms with van der Waals surface area (Å²) in [6, 6.07) is 10.7. The Bertz CT molecular complexity index is 388. The van der Waals surface area contributed by atoms with Crippen molar-refractivity contribution < 1.29 is 4.74 Å². The third-order valence-electron chi connectivity index (χ3n) is 3.21. The molecule has 1 aromatic rings. The van der Waals surface area contributed by atoms with Crippen LogP contribution in [0.15, 0.2) is 24.3 Å². The van der Waals surface area contributed by atoms with Crippen LogP contribution in [0.4, 0.5) is 0 Å². The van der Waals surface area contributed by atoms with Crippen LogP contribution in [0, 0.1) is 11.3 Å². The van der Waals surface area contributed by atoms with E-state index in [0.29, 0.717) is 6.61 Å². The van der Waals surface area contributed by atoms with E-state index in [-0.39, 0.29) is 5.41 Å². The Morgan fingerprint density at radius 3 is 2.80 bits per heavy atom. The lowest BCUT2D eigenvalue weighted by Crippen LogP contribution is -2.32. The highest BCUT2D eigenvalue weighted by atomic mass is 16.5. The van der Waals surface area contributed by atoms with Crippen LogP contribution >= 0.6 is 0 Å². The standard InChI is InChI=1S/C13H15NO/c1-15-9-11-4-2-5-12(8-11)13(10-14)6-3-7-13/h2,4-5,8H,3,6-7,9H2,1H3. The normalized spacial score (nSPS) is 17.9. The molecule has 1 fully saturated rings. The molecule has 0 spiro atoms. The van der Waals surface area contributed by atoms with Gasteiger partial charge in [-0.25, -0.2) is 0 Å². The van der Waals surface area contributed by atoms with E-state index in [1.165, 1.54) is 6.42 Å². The van der Waals surface area contributed by atoms with E-state index in [1.54, 1.807) is 7.11 Å². The summed E-state index contributed by atoms with van der Waals surface area (Å²) < 4.78 is 5.10. The van der Waals surface area contributed by atoms with Crippen molar-refractivity contribution in [2.75, 3.05) is 7.11 Å². The molecule has 0 amide bonds. The van der Waals surface area contributed by atoms with Gasteiger partial charge in [-0.15, -0.1) is 0 Å². The number of ether oxygens (including phenoxy) is 1. The van der Waals surface area contributed by atoms with Crippen molar-refractivity contribution >= 4 is 0 Å². The van der Waals surface area contributed by atoms with Crippen LogP contribution in [-0.2, 0) is 16.8 Å². The number of nitriles is 1. The van der Waals surface area contributed by atoms with Gasteiger partial charge in [0.15, 0.2) is 0 Å². The van der Waals surface area contributed by atoms with Crippen LogP contribution < -0.4 is 0 Å². The van der Waals surface area contributed by atoms with E-state index < -0.39 is 0 Å². The fraction of sp³-hybridized carbons (Fsp3) is 0.462. The van der Waals surface area contributed by atoms with Crippen LogP contribution in [0.3, 0.4) is 0 Å². The van der Waals surface area contributed by atoms with Crippen molar-refractivity contribution in [2.24, 2.45) is 0 Å². The summed E-state index contributed by atoms with van der Waals surface area (Å²) in [5.74, 6) is 0. The first-order valence-electron chi connectivity index (χ1n) is 5.30. The summed E-state index contributed by atoms with van der Waals surface area (Å²) in [6.45, 7) is 0.620. The lowest BCUT2D eigenvalue weighted by molar-refractivity contribution is 0.184. The second kappa shape index (κ2) is 4.04. The quantitative estimate of drug-likeness (QED) is 0.753. The first-order chi connectivity index (χ1) is 7.30. The molecule has 2 heteroatoms. The van der Waals surface area contributed by atoms with Crippen molar-refractivity contribution in [3.05, 3.63) is 35.4 Å². The maximum atomic E-state index is 9.23. The molecule has 0 atom stereocenters.